The summed E-state index contributed by atoms with van der Waals surface area (Å²) >= 11 is 0. The van der Waals surface area contributed by atoms with Crippen LogP contribution in [-0.2, 0) is 4.74 Å². The molecule has 4 aliphatic rings. The fourth-order valence-electron chi connectivity index (χ4n) is 7.15. The lowest BCUT2D eigenvalue weighted by atomic mass is 9.95. The number of aromatic nitrogens is 2. The van der Waals surface area contributed by atoms with Crippen LogP contribution in [0.25, 0.3) is 32.8 Å². The van der Waals surface area contributed by atoms with E-state index in [0.29, 0.717) is 41.9 Å². The number of hydrogen-bond donors (Lipinski definition) is 2. The summed E-state index contributed by atoms with van der Waals surface area (Å²) in [6.07, 6.45) is 1.03. The zero-order valence-electron chi connectivity index (χ0n) is 21.8. The third-order valence-corrected chi connectivity index (χ3v) is 9.00. The average Bonchev–Trinajstić information content (AvgIpc) is 3.72. The summed E-state index contributed by atoms with van der Waals surface area (Å²) in [5.41, 5.74) is 0.650. The number of phenols is 1. The number of ether oxygens (including phenoxy) is 2. The monoisotopic (exact) mass is 545 g/mol. The first kappa shape index (κ1) is 24.2. The molecule has 0 aliphatic carbocycles. The molecule has 206 valence electrons. The minimum Gasteiger partial charge on any atom is -0.508 e. The molecule has 2 N–H and O–H groups in total. The van der Waals surface area contributed by atoms with E-state index in [0.717, 1.165) is 36.7 Å². The second-order valence-corrected chi connectivity index (χ2v) is 11.4. The van der Waals surface area contributed by atoms with Gasteiger partial charge in [-0.15, -0.1) is 0 Å². The Labute approximate surface area is 229 Å². The van der Waals surface area contributed by atoms with E-state index in [4.69, 9.17) is 14.5 Å². The van der Waals surface area contributed by atoms with E-state index in [2.05, 4.69) is 15.2 Å². The number of fused-ring (bicyclic) bond motifs is 5. The molecule has 3 unspecified atom stereocenters. The van der Waals surface area contributed by atoms with Crippen molar-refractivity contribution in [2.75, 3.05) is 37.7 Å². The molecule has 0 amide bonds. The molecule has 4 saturated heterocycles. The number of phenolic OH excluding ortho intramolecular Hbond substituents is 1. The Balaban J connectivity index is 1.26. The van der Waals surface area contributed by atoms with Crippen LogP contribution in [0.4, 0.5) is 14.6 Å². The van der Waals surface area contributed by atoms with Gasteiger partial charge in [0.15, 0.2) is 12.2 Å². The molecule has 8 rings (SSSR count). The SMILES string of the molecule is Oc1cc(-c2ccc3c(N4C5CNC4OC5)nc(OCC45CCCN4C[C@H](F)C5)nc3c2F)c2ccccc2c1. The fraction of sp³-hybridized carbons (Fsp3) is 0.400. The van der Waals surface area contributed by atoms with E-state index in [1.807, 2.05) is 35.2 Å². The molecule has 4 atom stereocenters. The van der Waals surface area contributed by atoms with E-state index in [1.54, 1.807) is 18.2 Å². The second-order valence-electron chi connectivity index (χ2n) is 11.4. The van der Waals surface area contributed by atoms with Crippen molar-refractivity contribution in [1.29, 1.82) is 0 Å². The molecule has 0 radical (unpaired) electrons. The van der Waals surface area contributed by atoms with Crippen LogP contribution in [0.5, 0.6) is 11.8 Å². The van der Waals surface area contributed by atoms with E-state index in [-0.39, 0.29) is 41.8 Å². The van der Waals surface area contributed by atoms with Gasteiger partial charge >= 0.3 is 6.01 Å². The van der Waals surface area contributed by atoms with Gasteiger partial charge in [-0.3, -0.25) is 10.2 Å². The highest BCUT2D eigenvalue weighted by Gasteiger charge is 2.49. The summed E-state index contributed by atoms with van der Waals surface area (Å²) in [5, 5.41) is 15.9. The molecule has 5 heterocycles. The number of nitrogens with zero attached hydrogens (tertiary/aromatic N) is 4. The smallest absolute Gasteiger partial charge is 0.319 e. The van der Waals surface area contributed by atoms with Crippen LogP contribution in [-0.4, -0.2) is 76.9 Å². The summed E-state index contributed by atoms with van der Waals surface area (Å²) in [4.78, 5) is 13.6. The first-order valence-corrected chi connectivity index (χ1v) is 13.9. The first-order chi connectivity index (χ1) is 19.5. The predicted molar refractivity (Wildman–Crippen MR) is 147 cm³/mol. The Bertz CT molecular complexity index is 1630. The van der Waals surface area contributed by atoms with Gasteiger partial charge in [0, 0.05) is 30.5 Å². The maximum Gasteiger partial charge on any atom is 0.319 e. The molecule has 0 spiro atoms. The molecular formula is C30H29F2N5O3. The zero-order valence-corrected chi connectivity index (χ0v) is 21.8. The minimum atomic E-state index is -0.877. The lowest BCUT2D eigenvalue weighted by Crippen LogP contribution is -2.43. The molecule has 10 heteroatoms. The zero-order chi connectivity index (χ0) is 27.0. The number of nitrogens with one attached hydrogen (secondary N) is 1. The number of hydrogen-bond acceptors (Lipinski definition) is 8. The van der Waals surface area contributed by atoms with Crippen LogP contribution in [0.1, 0.15) is 19.3 Å². The lowest BCUT2D eigenvalue weighted by Gasteiger charge is -2.31. The molecule has 4 aromatic rings. The highest BCUT2D eigenvalue weighted by molar-refractivity contribution is 6.01. The number of halogens is 2. The first-order valence-electron chi connectivity index (χ1n) is 13.9. The number of aromatic hydroxyl groups is 1. The van der Waals surface area contributed by atoms with Crippen molar-refractivity contribution >= 4 is 27.5 Å². The summed E-state index contributed by atoms with van der Waals surface area (Å²) in [6.45, 7) is 2.80. The lowest BCUT2D eigenvalue weighted by molar-refractivity contribution is 0.0697. The number of rotatable bonds is 5. The van der Waals surface area contributed by atoms with Crippen LogP contribution in [0, 0.1) is 5.82 Å². The van der Waals surface area contributed by atoms with Crippen molar-refractivity contribution in [3.63, 3.8) is 0 Å². The van der Waals surface area contributed by atoms with Gasteiger partial charge in [-0.25, -0.2) is 8.78 Å². The Morgan fingerprint density at radius 1 is 1.12 bits per heavy atom. The summed E-state index contributed by atoms with van der Waals surface area (Å²) in [5.74, 6) is 0.0763. The highest BCUT2D eigenvalue weighted by Crippen LogP contribution is 2.42. The standard InChI is InChI=1S/C30H29F2N5O3/c31-18-12-30(8-3-9-36(30)14-18)16-40-28-34-26-23(27(35-28)37-19-13-33-29(37)39-15-19)7-6-22(25(26)32)24-11-20(38)10-17-4-1-2-5-21(17)24/h1-2,4-7,10-11,18-19,29,33,38H,3,8-9,12-16H2/t18-,19?,29?,30?/m1/s1. The Morgan fingerprint density at radius 3 is 2.85 bits per heavy atom. The average molecular weight is 546 g/mol. The van der Waals surface area contributed by atoms with Crippen molar-refractivity contribution in [2.24, 2.45) is 0 Å². The maximum atomic E-state index is 16.5. The van der Waals surface area contributed by atoms with Gasteiger partial charge in [0.1, 0.15) is 29.9 Å². The number of anilines is 1. The molecular weight excluding hydrogens is 516 g/mol. The minimum absolute atomic E-state index is 0.0553. The molecule has 4 aliphatic heterocycles. The van der Waals surface area contributed by atoms with Crippen molar-refractivity contribution < 1.29 is 23.4 Å². The van der Waals surface area contributed by atoms with Crippen LogP contribution in [0.2, 0.25) is 0 Å². The quantitative estimate of drug-likeness (QED) is 0.383. The maximum absolute atomic E-state index is 16.5. The van der Waals surface area contributed by atoms with Gasteiger partial charge in [0.25, 0.3) is 0 Å². The Morgan fingerprint density at radius 2 is 2.02 bits per heavy atom. The van der Waals surface area contributed by atoms with Crippen molar-refractivity contribution in [3.8, 4) is 22.9 Å². The summed E-state index contributed by atoms with van der Waals surface area (Å²) in [6, 6.07) is 14.5. The van der Waals surface area contributed by atoms with Crippen LogP contribution < -0.4 is 15.0 Å². The third kappa shape index (κ3) is 3.66. The largest absolute Gasteiger partial charge is 0.508 e. The molecule has 0 saturated carbocycles. The van der Waals surface area contributed by atoms with Gasteiger partial charge in [0.05, 0.1) is 18.2 Å². The van der Waals surface area contributed by atoms with Crippen molar-refractivity contribution in [1.82, 2.24) is 20.2 Å². The number of benzene rings is 3. The molecule has 2 bridgehead atoms. The van der Waals surface area contributed by atoms with Gasteiger partial charge in [-0.05, 0) is 53.9 Å². The second kappa shape index (κ2) is 8.95. The molecule has 40 heavy (non-hydrogen) atoms. The fourth-order valence-corrected chi connectivity index (χ4v) is 7.15. The van der Waals surface area contributed by atoms with Gasteiger partial charge in [-0.1, -0.05) is 30.3 Å². The normalized spacial score (nSPS) is 27.8. The Hall–Kier alpha value is -3.60. The summed E-state index contributed by atoms with van der Waals surface area (Å²) in [7, 11) is 0. The number of alkyl halides is 1. The van der Waals surface area contributed by atoms with Gasteiger partial charge in [0.2, 0.25) is 0 Å². The van der Waals surface area contributed by atoms with E-state index >= 15 is 4.39 Å². The van der Waals surface area contributed by atoms with Crippen LogP contribution in [0.15, 0.2) is 48.5 Å². The van der Waals surface area contributed by atoms with Crippen molar-refractivity contribution in [3.05, 3.63) is 54.3 Å². The molecule has 8 nitrogen and oxygen atoms in total. The third-order valence-electron chi connectivity index (χ3n) is 9.00. The van der Waals surface area contributed by atoms with Gasteiger partial charge in [-0.2, -0.15) is 9.97 Å². The molecule has 1 aromatic heterocycles. The van der Waals surface area contributed by atoms with Crippen molar-refractivity contribution in [2.45, 2.75) is 43.4 Å². The van der Waals surface area contributed by atoms with Crippen LogP contribution >= 0.6 is 0 Å². The predicted octanol–water partition coefficient (Wildman–Crippen LogP) is 4.34. The topological polar surface area (TPSA) is 83.0 Å². The van der Waals surface area contributed by atoms with E-state index in [1.165, 1.54) is 0 Å². The van der Waals surface area contributed by atoms with E-state index < -0.39 is 12.0 Å². The molecule has 3 aromatic carbocycles. The summed E-state index contributed by atoms with van der Waals surface area (Å²) < 4.78 is 42.9. The molecule has 4 fully saturated rings. The Kier molecular flexibility index (Phi) is 5.42. The van der Waals surface area contributed by atoms with E-state index in [9.17, 15) is 9.50 Å². The van der Waals surface area contributed by atoms with Gasteiger partial charge < -0.3 is 19.5 Å². The highest BCUT2D eigenvalue weighted by atomic mass is 19.1. The van der Waals surface area contributed by atoms with Crippen LogP contribution in [0.3, 0.4) is 0 Å².